The van der Waals surface area contributed by atoms with Crippen LogP contribution >= 0.6 is 11.8 Å². The Bertz CT molecular complexity index is 160. The van der Waals surface area contributed by atoms with Crippen molar-refractivity contribution in [2.75, 3.05) is 25.1 Å². The van der Waals surface area contributed by atoms with Crippen LogP contribution in [0, 0.1) is 17.8 Å². The minimum absolute atomic E-state index is 1.06. The maximum atomic E-state index is 3.26. The molecule has 1 N–H and O–H groups in total. The van der Waals surface area contributed by atoms with Crippen molar-refractivity contribution in [3.8, 4) is 0 Å². The zero-order valence-corrected chi connectivity index (χ0v) is 10.1. The molecule has 2 rings (SSSR count). The molecule has 1 heterocycles. The molecule has 0 spiro atoms. The van der Waals surface area contributed by atoms with Gasteiger partial charge < -0.3 is 5.32 Å². The standard InChI is InChI=1S/C12H23NS/c1-13-5-2-10-8-12(9-10)11-3-6-14-7-4-11/h10-13H,2-9H2,1H3. The molecule has 14 heavy (non-hydrogen) atoms. The lowest BCUT2D eigenvalue weighted by Gasteiger charge is -2.42. The second-order valence-corrected chi connectivity index (χ2v) is 6.16. The summed E-state index contributed by atoms with van der Waals surface area (Å²) in [5.41, 5.74) is 0. The normalized spacial score (nSPS) is 34.1. The summed E-state index contributed by atoms with van der Waals surface area (Å²) in [5.74, 6) is 6.13. The van der Waals surface area contributed by atoms with Gasteiger partial charge in [-0.2, -0.15) is 11.8 Å². The van der Waals surface area contributed by atoms with Crippen LogP contribution in [0.5, 0.6) is 0 Å². The third-order valence-electron chi connectivity index (χ3n) is 4.01. The van der Waals surface area contributed by atoms with E-state index in [1.165, 1.54) is 50.2 Å². The van der Waals surface area contributed by atoms with E-state index in [9.17, 15) is 0 Å². The molecule has 2 fully saturated rings. The van der Waals surface area contributed by atoms with Crippen molar-refractivity contribution >= 4 is 11.8 Å². The fraction of sp³-hybridized carbons (Fsp3) is 1.00. The summed E-state index contributed by atoms with van der Waals surface area (Å²) in [6, 6.07) is 0. The number of hydrogen-bond donors (Lipinski definition) is 1. The predicted octanol–water partition coefficient (Wildman–Crippen LogP) is 2.77. The second-order valence-electron chi connectivity index (χ2n) is 4.94. The average molecular weight is 213 g/mol. The molecule has 0 atom stereocenters. The van der Waals surface area contributed by atoms with E-state index in [1.807, 2.05) is 0 Å². The third kappa shape index (κ3) is 2.66. The molecule has 1 saturated heterocycles. The average Bonchev–Trinajstić information content (AvgIpc) is 2.17. The van der Waals surface area contributed by atoms with Gasteiger partial charge in [0, 0.05) is 0 Å². The van der Waals surface area contributed by atoms with Crippen LogP contribution in [-0.4, -0.2) is 25.1 Å². The first kappa shape index (κ1) is 10.8. The molecule has 0 unspecified atom stereocenters. The Labute approximate surface area is 92.4 Å². The highest BCUT2D eigenvalue weighted by Crippen LogP contribution is 2.44. The van der Waals surface area contributed by atoms with Crippen LogP contribution in [0.4, 0.5) is 0 Å². The summed E-state index contributed by atoms with van der Waals surface area (Å²) < 4.78 is 0. The van der Waals surface area contributed by atoms with Crippen LogP contribution in [0.3, 0.4) is 0 Å². The van der Waals surface area contributed by atoms with Gasteiger partial charge in [0.15, 0.2) is 0 Å². The highest BCUT2D eigenvalue weighted by Gasteiger charge is 2.34. The molecule has 0 aromatic heterocycles. The van der Waals surface area contributed by atoms with Gasteiger partial charge in [0.25, 0.3) is 0 Å². The van der Waals surface area contributed by atoms with Gasteiger partial charge in [0.1, 0.15) is 0 Å². The zero-order chi connectivity index (χ0) is 9.80. The van der Waals surface area contributed by atoms with E-state index in [0.717, 1.165) is 17.8 Å². The summed E-state index contributed by atoms with van der Waals surface area (Å²) in [5, 5.41) is 3.26. The second kappa shape index (κ2) is 5.41. The van der Waals surface area contributed by atoms with Crippen molar-refractivity contribution in [3.63, 3.8) is 0 Å². The molecule has 0 radical (unpaired) electrons. The van der Waals surface area contributed by atoms with Gasteiger partial charge >= 0.3 is 0 Å². The van der Waals surface area contributed by atoms with Crippen molar-refractivity contribution in [3.05, 3.63) is 0 Å². The molecule has 0 bridgehead atoms. The lowest BCUT2D eigenvalue weighted by Crippen LogP contribution is -2.33. The van der Waals surface area contributed by atoms with Gasteiger partial charge in [-0.3, -0.25) is 0 Å². The van der Waals surface area contributed by atoms with Crippen LogP contribution in [0.1, 0.15) is 32.1 Å². The van der Waals surface area contributed by atoms with Crippen LogP contribution in [0.15, 0.2) is 0 Å². The van der Waals surface area contributed by atoms with E-state index >= 15 is 0 Å². The van der Waals surface area contributed by atoms with Crippen molar-refractivity contribution in [2.24, 2.45) is 17.8 Å². The summed E-state index contributed by atoms with van der Waals surface area (Å²) in [6.07, 6.45) is 7.50. The molecule has 1 aliphatic heterocycles. The zero-order valence-electron chi connectivity index (χ0n) is 9.30. The maximum Gasteiger partial charge on any atom is -0.00493 e. The van der Waals surface area contributed by atoms with Gasteiger partial charge in [-0.15, -0.1) is 0 Å². The smallest absolute Gasteiger partial charge is 0.00493 e. The summed E-state index contributed by atoms with van der Waals surface area (Å²) in [6.45, 7) is 1.22. The van der Waals surface area contributed by atoms with E-state index in [2.05, 4.69) is 24.1 Å². The first-order valence-corrected chi connectivity index (χ1v) is 7.28. The molecule has 0 aromatic carbocycles. The fourth-order valence-corrected chi connectivity index (χ4v) is 4.09. The number of thioether (sulfide) groups is 1. The Morgan fingerprint density at radius 3 is 2.50 bits per heavy atom. The molecule has 0 amide bonds. The van der Waals surface area contributed by atoms with Gasteiger partial charge in [-0.25, -0.2) is 0 Å². The molecule has 82 valence electrons. The SMILES string of the molecule is CNCCC1CC(C2CCSCC2)C1. The summed E-state index contributed by atoms with van der Waals surface area (Å²) >= 11 is 2.16. The van der Waals surface area contributed by atoms with E-state index in [1.54, 1.807) is 0 Å². The minimum Gasteiger partial charge on any atom is -0.320 e. The number of hydrogen-bond acceptors (Lipinski definition) is 2. The first-order chi connectivity index (χ1) is 6.90. The molecule has 1 saturated carbocycles. The minimum atomic E-state index is 1.06. The topological polar surface area (TPSA) is 12.0 Å². The summed E-state index contributed by atoms with van der Waals surface area (Å²) in [4.78, 5) is 0. The lowest BCUT2D eigenvalue weighted by molar-refractivity contribution is 0.111. The Morgan fingerprint density at radius 1 is 1.14 bits per heavy atom. The van der Waals surface area contributed by atoms with E-state index in [0.29, 0.717) is 0 Å². The molecular formula is C12H23NS. The highest BCUT2D eigenvalue weighted by atomic mass is 32.2. The van der Waals surface area contributed by atoms with Crippen molar-refractivity contribution in [1.82, 2.24) is 5.32 Å². The van der Waals surface area contributed by atoms with Crippen molar-refractivity contribution < 1.29 is 0 Å². The maximum absolute atomic E-state index is 3.26. The van der Waals surface area contributed by atoms with Crippen LogP contribution < -0.4 is 5.32 Å². The lowest BCUT2D eigenvalue weighted by atomic mass is 9.66. The Kier molecular flexibility index (Phi) is 4.18. The van der Waals surface area contributed by atoms with E-state index in [-0.39, 0.29) is 0 Å². The molecular weight excluding hydrogens is 190 g/mol. The molecule has 0 aromatic rings. The fourth-order valence-electron chi connectivity index (χ4n) is 2.94. The first-order valence-electron chi connectivity index (χ1n) is 6.12. The molecule has 2 heteroatoms. The van der Waals surface area contributed by atoms with Crippen molar-refractivity contribution in [2.45, 2.75) is 32.1 Å². The van der Waals surface area contributed by atoms with E-state index < -0.39 is 0 Å². The Balaban J connectivity index is 1.61. The van der Waals surface area contributed by atoms with E-state index in [4.69, 9.17) is 0 Å². The Hall–Kier alpha value is 0.310. The predicted molar refractivity (Wildman–Crippen MR) is 64.8 cm³/mol. The number of rotatable bonds is 4. The van der Waals surface area contributed by atoms with Crippen LogP contribution in [-0.2, 0) is 0 Å². The van der Waals surface area contributed by atoms with Crippen LogP contribution in [0.25, 0.3) is 0 Å². The van der Waals surface area contributed by atoms with Crippen LogP contribution in [0.2, 0.25) is 0 Å². The van der Waals surface area contributed by atoms with Crippen molar-refractivity contribution in [1.29, 1.82) is 0 Å². The molecule has 1 aliphatic carbocycles. The monoisotopic (exact) mass is 213 g/mol. The Morgan fingerprint density at radius 2 is 1.86 bits per heavy atom. The van der Waals surface area contributed by atoms with Gasteiger partial charge in [0.2, 0.25) is 0 Å². The molecule has 2 aliphatic rings. The number of nitrogens with one attached hydrogen (secondary N) is 1. The molecule has 1 nitrogen and oxygen atoms in total. The van der Waals surface area contributed by atoms with Gasteiger partial charge in [-0.1, -0.05) is 0 Å². The van der Waals surface area contributed by atoms with Gasteiger partial charge in [-0.05, 0) is 75.0 Å². The third-order valence-corrected chi connectivity index (χ3v) is 5.06. The summed E-state index contributed by atoms with van der Waals surface area (Å²) in [7, 11) is 2.06. The quantitative estimate of drug-likeness (QED) is 0.770. The van der Waals surface area contributed by atoms with Gasteiger partial charge in [0.05, 0.1) is 0 Å². The largest absolute Gasteiger partial charge is 0.320 e. The highest BCUT2D eigenvalue weighted by molar-refractivity contribution is 7.99.